The highest BCUT2D eigenvalue weighted by Gasteiger charge is 2.23. The summed E-state index contributed by atoms with van der Waals surface area (Å²) in [5.41, 5.74) is 0.395. The van der Waals surface area contributed by atoms with Crippen LogP contribution in [0.4, 0.5) is 0 Å². The smallest absolute Gasteiger partial charge is 0.337 e. The number of carbonyl (C=O) groups excluding carboxylic acids is 1. The minimum Gasteiger partial charge on any atom is -0.458 e. The zero-order valence-corrected chi connectivity index (χ0v) is 11.1. The number of aliphatic hydroxyl groups is 1. The highest BCUT2D eigenvalue weighted by atomic mass is 16.6. The molecule has 1 aromatic rings. The number of hydrogen-bond donors (Lipinski definition) is 1. The Morgan fingerprint density at radius 1 is 1.28 bits per heavy atom. The molecule has 1 aromatic carbocycles. The van der Waals surface area contributed by atoms with Gasteiger partial charge in [-0.15, -0.1) is 0 Å². The molecule has 0 bridgehead atoms. The molecule has 4 heteroatoms. The standard InChI is InChI=1S/C14H20O4/c1-14(2,3)18-13(16)12(15)10-17-9-11-7-5-4-6-8-11/h4-8,12,15H,9-10H2,1-3H3. The van der Waals surface area contributed by atoms with Crippen molar-refractivity contribution in [2.24, 2.45) is 0 Å². The van der Waals surface area contributed by atoms with Crippen LogP contribution in [0.2, 0.25) is 0 Å². The van der Waals surface area contributed by atoms with Crippen molar-refractivity contribution in [1.82, 2.24) is 0 Å². The fourth-order valence-corrected chi connectivity index (χ4v) is 1.30. The average Bonchev–Trinajstić information content (AvgIpc) is 2.28. The zero-order valence-electron chi connectivity index (χ0n) is 11.1. The molecule has 0 fully saturated rings. The summed E-state index contributed by atoms with van der Waals surface area (Å²) >= 11 is 0. The van der Waals surface area contributed by atoms with Crippen LogP contribution in [0.5, 0.6) is 0 Å². The van der Waals surface area contributed by atoms with Gasteiger partial charge in [-0.25, -0.2) is 4.79 Å². The molecule has 0 aliphatic rings. The molecule has 1 N–H and O–H groups in total. The maximum atomic E-state index is 11.4. The Bertz CT molecular complexity index is 367. The van der Waals surface area contributed by atoms with Crippen molar-refractivity contribution >= 4 is 5.97 Å². The Morgan fingerprint density at radius 2 is 1.89 bits per heavy atom. The molecule has 0 aliphatic carbocycles. The first-order valence-corrected chi connectivity index (χ1v) is 5.91. The first kappa shape index (κ1) is 14.7. The third-order valence-corrected chi connectivity index (χ3v) is 2.07. The Morgan fingerprint density at radius 3 is 2.44 bits per heavy atom. The zero-order chi connectivity index (χ0) is 13.6. The Balaban J connectivity index is 2.29. The average molecular weight is 252 g/mol. The lowest BCUT2D eigenvalue weighted by Gasteiger charge is -2.21. The van der Waals surface area contributed by atoms with Crippen molar-refractivity contribution in [1.29, 1.82) is 0 Å². The van der Waals surface area contributed by atoms with Gasteiger partial charge in [-0.05, 0) is 26.3 Å². The van der Waals surface area contributed by atoms with Gasteiger partial charge in [0.05, 0.1) is 13.2 Å². The molecular weight excluding hydrogens is 232 g/mol. The fourth-order valence-electron chi connectivity index (χ4n) is 1.30. The molecule has 0 radical (unpaired) electrons. The van der Waals surface area contributed by atoms with Crippen molar-refractivity contribution in [3.05, 3.63) is 35.9 Å². The normalized spacial score (nSPS) is 13.1. The summed E-state index contributed by atoms with van der Waals surface area (Å²) in [6, 6.07) is 9.56. The molecule has 1 rings (SSSR count). The van der Waals surface area contributed by atoms with E-state index in [1.165, 1.54) is 0 Å². The van der Waals surface area contributed by atoms with Crippen LogP contribution < -0.4 is 0 Å². The minimum absolute atomic E-state index is 0.0657. The SMILES string of the molecule is CC(C)(C)OC(=O)C(O)COCc1ccccc1. The third-order valence-electron chi connectivity index (χ3n) is 2.07. The van der Waals surface area contributed by atoms with E-state index in [4.69, 9.17) is 9.47 Å². The van der Waals surface area contributed by atoms with Crippen molar-refractivity contribution in [3.63, 3.8) is 0 Å². The summed E-state index contributed by atoms with van der Waals surface area (Å²) in [5.74, 6) is -0.657. The number of benzene rings is 1. The Kier molecular flexibility index (Phi) is 5.31. The molecule has 1 unspecified atom stereocenters. The summed E-state index contributed by atoms with van der Waals surface area (Å²) in [6.07, 6.45) is -1.24. The van der Waals surface area contributed by atoms with Crippen LogP contribution in [-0.4, -0.2) is 29.4 Å². The molecule has 4 nitrogen and oxygen atoms in total. The highest BCUT2D eigenvalue weighted by Crippen LogP contribution is 2.09. The first-order chi connectivity index (χ1) is 8.38. The highest BCUT2D eigenvalue weighted by molar-refractivity contribution is 5.74. The molecule has 100 valence electrons. The van der Waals surface area contributed by atoms with Crippen LogP contribution in [0.1, 0.15) is 26.3 Å². The molecule has 0 saturated carbocycles. The number of ether oxygens (including phenoxy) is 2. The summed E-state index contributed by atoms with van der Waals surface area (Å²) < 4.78 is 10.3. The van der Waals surface area contributed by atoms with Crippen molar-refractivity contribution in [2.45, 2.75) is 39.1 Å². The Hall–Kier alpha value is -1.39. The van der Waals surface area contributed by atoms with Gasteiger partial charge in [0.1, 0.15) is 5.60 Å². The van der Waals surface area contributed by atoms with Crippen LogP contribution in [0.3, 0.4) is 0 Å². The number of esters is 1. The van der Waals surface area contributed by atoms with Gasteiger partial charge in [0.2, 0.25) is 0 Å². The quantitative estimate of drug-likeness (QED) is 0.813. The van der Waals surface area contributed by atoms with Gasteiger partial charge in [-0.1, -0.05) is 30.3 Å². The minimum atomic E-state index is -1.24. The van der Waals surface area contributed by atoms with Gasteiger partial charge in [0.25, 0.3) is 0 Å². The van der Waals surface area contributed by atoms with Gasteiger partial charge in [0, 0.05) is 0 Å². The van der Waals surface area contributed by atoms with E-state index in [-0.39, 0.29) is 6.61 Å². The third kappa shape index (κ3) is 5.80. The van der Waals surface area contributed by atoms with E-state index in [1.54, 1.807) is 20.8 Å². The number of hydrogen-bond acceptors (Lipinski definition) is 4. The molecular formula is C14H20O4. The van der Waals surface area contributed by atoms with Crippen molar-refractivity contribution < 1.29 is 19.4 Å². The maximum Gasteiger partial charge on any atom is 0.337 e. The van der Waals surface area contributed by atoms with E-state index in [2.05, 4.69) is 0 Å². The lowest BCUT2D eigenvalue weighted by molar-refractivity contribution is -0.168. The van der Waals surface area contributed by atoms with Crippen LogP contribution >= 0.6 is 0 Å². The predicted molar refractivity (Wildman–Crippen MR) is 67.9 cm³/mol. The van der Waals surface area contributed by atoms with Crippen LogP contribution in [0, 0.1) is 0 Å². The van der Waals surface area contributed by atoms with E-state index >= 15 is 0 Å². The summed E-state index contributed by atoms with van der Waals surface area (Å²) in [5, 5.41) is 9.56. The molecule has 0 amide bonds. The predicted octanol–water partition coefficient (Wildman–Crippen LogP) is 1.91. The fraction of sp³-hybridized carbons (Fsp3) is 0.500. The van der Waals surface area contributed by atoms with E-state index < -0.39 is 17.7 Å². The molecule has 0 aliphatic heterocycles. The number of rotatable bonds is 5. The Labute approximate surface area is 108 Å². The van der Waals surface area contributed by atoms with Gasteiger partial charge in [0.15, 0.2) is 6.10 Å². The van der Waals surface area contributed by atoms with Gasteiger partial charge in [-0.2, -0.15) is 0 Å². The molecule has 18 heavy (non-hydrogen) atoms. The molecule has 0 saturated heterocycles. The van der Waals surface area contributed by atoms with E-state index in [0.29, 0.717) is 6.61 Å². The van der Waals surface area contributed by atoms with Crippen LogP contribution in [-0.2, 0) is 20.9 Å². The summed E-state index contributed by atoms with van der Waals surface area (Å²) in [6.45, 7) is 5.55. The summed E-state index contributed by atoms with van der Waals surface area (Å²) in [7, 11) is 0. The van der Waals surface area contributed by atoms with E-state index in [1.807, 2.05) is 30.3 Å². The summed E-state index contributed by atoms with van der Waals surface area (Å²) in [4.78, 5) is 11.4. The van der Waals surface area contributed by atoms with Crippen LogP contribution in [0.25, 0.3) is 0 Å². The first-order valence-electron chi connectivity index (χ1n) is 5.91. The molecule has 0 spiro atoms. The second-order valence-corrected chi connectivity index (χ2v) is 5.05. The second-order valence-electron chi connectivity index (χ2n) is 5.05. The van der Waals surface area contributed by atoms with Gasteiger partial charge < -0.3 is 14.6 Å². The number of carbonyl (C=O) groups is 1. The molecule has 0 heterocycles. The van der Waals surface area contributed by atoms with Crippen molar-refractivity contribution in [2.75, 3.05) is 6.61 Å². The van der Waals surface area contributed by atoms with Gasteiger partial charge >= 0.3 is 5.97 Å². The monoisotopic (exact) mass is 252 g/mol. The van der Waals surface area contributed by atoms with Crippen molar-refractivity contribution in [3.8, 4) is 0 Å². The lowest BCUT2D eigenvalue weighted by Crippen LogP contribution is -2.34. The van der Waals surface area contributed by atoms with Gasteiger partial charge in [-0.3, -0.25) is 0 Å². The van der Waals surface area contributed by atoms with E-state index in [0.717, 1.165) is 5.56 Å². The molecule has 1 atom stereocenters. The topological polar surface area (TPSA) is 55.8 Å². The maximum absolute atomic E-state index is 11.4. The largest absolute Gasteiger partial charge is 0.458 e. The lowest BCUT2D eigenvalue weighted by atomic mass is 10.2. The van der Waals surface area contributed by atoms with Crippen LogP contribution in [0.15, 0.2) is 30.3 Å². The molecule has 0 aromatic heterocycles. The number of aliphatic hydroxyl groups excluding tert-OH is 1. The second kappa shape index (κ2) is 6.52. The van der Waals surface area contributed by atoms with E-state index in [9.17, 15) is 9.90 Å².